The minimum atomic E-state index is 0.157. The number of Topliss-reactive ketones (excluding diaryl/α,β-unsaturated/α-hetero) is 1. The van der Waals surface area contributed by atoms with Crippen molar-refractivity contribution in [3.05, 3.63) is 22.8 Å². The summed E-state index contributed by atoms with van der Waals surface area (Å²) in [5.74, 6) is 1.26. The van der Waals surface area contributed by atoms with Crippen molar-refractivity contribution in [1.82, 2.24) is 0 Å². The Kier molecular flexibility index (Phi) is 4.09. The molecule has 0 bridgehead atoms. The highest BCUT2D eigenvalue weighted by Crippen LogP contribution is 2.45. The molecule has 0 saturated carbocycles. The molecule has 0 fully saturated rings. The van der Waals surface area contributed by atoms with Crippen molar-refractivity contribution in [3.63, 3.8) is 0 Å². The SMILES string of the molecule is CCCC[C@H]1C(C)=C(Cl)C(=O)[C@@H]1C1CC=CC1. The van der Waals surface area contributed by atoms with Crippen LogP contribution < -0.4 is 0 Å². The summed E-state index contributed by atoms with van der Waals surface area (Å²) in [6, 6.07) is 0. The molecule has 1 nitrogen and oxygen atoms in total. The first-order valence-electron chi connectivity index (χ1n) is 6.72. The predicted molar refractivity (Wildman–Crippen MR) is 71.9 cm³/mol. The number of carbonyl (C=O) groups excluding carboxylic acids is 1. The van der Waals surface area contributed by atoms with Gasteiger partial charge in [0.1, 0.15) is 0 Å². The van der Waals surface area contributed by atoms with Crippen LogP contribution in [-0.2, 0) is 4.79 Å². The fourth-order valence-electron chi connectivity index (χ4n) is 3.25. The van der Waals surface area contributed by atoms with Gasteiger partial charge in [-0.3, -0.25) is 4.79 Å². The Morgan fingerprint density at radius 3 is 2.59 bits per heavy atom. The molecule has 2 aliphatic rings. The van der Waals surface area contributed by atoms with E-state index in [1.807, 2.05) is 6.92 Å². The highest BCUT2D eigenvalue weighted by molar-refractivity contribution is 6.44. The third-order valence-corrected chi connectivity index (χ3v) is 4.76. The number of rotatable bonds is 4. The summed E-state index contributed by atoms with van der Waals surface area (Å²) in [5, 5.41) is 0.531. The van der Waals surface area contributed by atoms with Crippen LogP contribution in [0, 0.1) is 17.8 Å². The van der Waals surface area contributed by atoms with Gasteiger partial charge in [-0.2, -0.15) is 0 Å². The van der Waals surface area contributed by atoms with E-state index >= 15 is 0 Å². The van der Waals surface area contributed by atoms with Crippen LogP contribution in [-0.4, -0.2) is 5.78 Å². The monoisotopic (exact) mass is 252 g/mol. The maximum Gasteiger partial charge on any atom is 0.178 e. The quantitative estimate of drug-likeness (QED) is 0.675. The lowest BCUT2D eigenvalue weighted by atomic mass is 9.77. The van der Waals surface area contributed by atoms with Gasteiger partial charge in [0, 0.05) is 5.92 Å². The molecule has 0 aromatic carbocycles. The molecule has 0 aliphatic heterocycles. The second-order valence-electron chi connectivity index (χ2n) is 5.34. The Hall–Kier alpha value is -0.560. The number of ketones is 1. The van der Waals surface area contributed by atoms with E-state index in [0.29, 0.717) is 16.9 Å². The van der Waals surface area contributed by atoms with Gasteiger partial charge >= 0.3 is 0 Å². The van der Waals surface area contributed by atoms with Gasteiger partial charge in [-0.05, 0) is 43.6 Å². The van der Waals surface area contributed by atoms with Gasteiger partial charge in [-0.15, -0.1) is 0 Å². The predicted octanol–water partition coefficient (Wildman–Crippen LogP) is 4.47. The largest absolute Gasteiger partial charge is 0.293 e. The van der Waals surface area contributed by atoms with E-state index in [9.17, 15) is 4.79 Å². The fraction of sp³-hybridized carbons (Fsp3) is 0.667. The zero-order valence-corrected chi connectivity index (χ0v) is 11.5. The summed E-state index contributed by atoms with van der Waals surface area (Å²) in [6.07, 6.45) is 10.0. The molecular weight excluding hydrogens is 232 g/mol. The summed E-state index contributed by atoms with van der Waals surface area (Å²) in [7, 11) is 0. The lowest BCUT2D eigenvalue weighted by molar-refractivity contribution is -0.120. The number of unbranched alkanes of at least 4 members (excludes halogenated alkanes) is 1. The topological polar surface area (TPSA) is 17.1 Å². The van der Waals surface area contributed by atoms with Crippen LogP contribution in [0.1, 0.15) is 46.0 Å². The minimum Gasteiger partial charge on any atom is -0.293 e. The highest BCUT2D eigenvalue weighted by Gasteiger charge is 2.42. The smallest absolute Gasteiger partial charge is 0.178 e. The van der Waals surface area contributed by atoms with Gasteiger partial charge in [0.25, 0.3) is 0 Å². The van der Waals surface area contributed by atoms with E-state index < -0.39 is 0 Å². The minimum absolute atomic E-state index is 0.157. The van der Waals surface area contributed by atoms with Gasteiger partial charge in [-0.25, -0.2) is 0 Å². The zero-order chi connectivity index (χ0) is 12.4. The number of allylic oxidation sites excluding steroid dienone is 4. The van der Waals surface area contributed by atoms with Crippen LogP contribution in [0.4, 0.5) is 0 Å². The molecule has 0 amide bonds. The lowest BCUT2D eigenvalue weighted by Gasteiger charge is -2.25. The average molecular weight is 253 g/mol. The molecule has 0 unspecified atom stereocenters. The van der Waals surface area contributed by atoms with Gasteiger partial charge in [0.15, 0.2) is 5.78 Å². The molecule has 0 aromatic heterocycles. The molecule has 2 aliphatic carbocycles. The molecule has 0 radical (unpaired) electrons. The maximum atomic E-state index is 12.3. The summed E-state index contributed by atoms with van der Waals surface area (Å²) >= 11 is 6.17. The molecule has 2 atom stereocenters. The molecular formula is C15H21ClO. The Bertz CT molecular complexity index is 359. The van der Waals surface area contributed by atoms with Gasteiger partial charge in [0.2, 0.25) is 0 Å². The van der Waals surface area contributed by atoms with Crippen LogP contribution in [0.2, 0.25) is 0 Å². The fourth-order valence-corrected chi connectivity index (χ4v) is 3.52. The van der Waals surface area contributed by atoms with Crippen molar-refractivity contribution in [3.8, 4) is 0 Å². The Labute approximate surface area is 109 Å². The molecule has 0 saturated heterocycles. The number of hydrogen-bond donors (Lipinski definition) is 0. The van der Waals surface area contributed by atoms with Gasteiger partial charge < -0.3 is 0 Å². The van der Waals surface area contributed by atoms with Crippen LogP contribution in [0.3, 0.4) is 0 Å². The zero-order valence-electron chi connectivity index (χ0n) is 10.7. The summed E-state index contributed by atoms with van der Waals surface area (Å²) in [5.41, 5.74) is 1.14. The van der Waals surface area contributed by atoms with Crippen molar-refractivity contribution in [2.75, 3.05) is 0 Å². The Balaban J connectivity index is 2.15. The van der Waals surface area contributed by atoms with Gasteiger partial charge in [-0.1, -0.05) is 43.5 Å². The first kappa shape index (κ1) is 12.9. The third kappa shape index (κ3) is 2.35. The van der Waals surface area contributed by atoms with E-state index in [1.165, 1.54) is 12.8 Å². The van der Waals surface area contributed by atoms with Gasteiger partial charge in [0.05, 0.1) is 5.03 Å². The molecule has 2 heteroatoms. The van der Waals surface area contributed by atoms with Crippen molar-refractivity contribution in [2.45, 2.75) is 46.0 Å². The Morgan fingerprint density at radius 1 is 1.35 bits per heavy atom. The van der Waals surface area contributed by atoms with Crippen molar-refractivity contribution in [1.29, 1.82) is 0 Å². The molecule has 0 heterocycles. The van der Waals surface area contributed by atoms with Crippen molar-refractivity contribution in [2.24, 2.45) is 17.8 Å². The van der Waals surface area contributed by atoms with Crippen LogP contribution >= 0.6 is 11.6 Å². The molecule has 17 heavy (non-hydrogen) atoms. The normalized spacial score (nSPS) is 29.7. The van der Waals surface area contributed by atoms with E-state index in [4.69, 9.17) is 11.6 Å². The number of hydrogen-bond acceptors (Lipinski definition) is 1. The molecule has 0 aromatic rings. The summed E-state index contributed by atoms with van der Waals surface area (Å²) in [4.78, 5) is 12.3. The molecule has 0 N–H and O–H groups in total. The lowest BCUT2D eigenvalue weighted by Crippen LogP contribution is -2.25. The Morgan fingerprint density at radius 2 is 2.00 bits per heavy atom. The number of carbonyl (C=O) groups is 1. The second-order valence-corrected chi connectivity index (χ2v) is 5.72. The maximum absolute atomic E-state index is 12.3. The summed E-state index contributed by atoms with van der Waals surface area (Å²) < 4.78 is 0. The van der Waals surface area contributed by atoms with Crippen LogP contribution in [0.15, 0.2) is 22.8 Å². The average Bonchev–Trinajstić information content (AvgIpc) is 2.90. The highest BCUT2D eigenvalue weighted by atomic mass is 35.5. The first-order valence-corrected chi connectivity index (χ1v) is 7.10. The molecule has 0 spiro atoms. The second kappa shape index (κ2) is 5.39. The number of halogens is 1. The van der Waals surface area contributed by atoms with E-state index in [2.05, 4.69) is 19.1 Å². The van der Waals surface area contributed by atoms with Crippen LogP contribution in [0.5, 0.6) is 0 Å². The summed E-state index contributed by atoms with van der Waals surface area (Å²) in [6.45, 7) is 4.24. The van der Waals surface area contributed by atoms with E-state index in [0.717, 1.165) is 24.8 Å². The van der Waals surface area contributed by atoms with Crippen molar-refractivity contribution >= 4 is 17.4 Å². The standard InChI is InChI=1S/C15H21ClO/c1-3-4-9-12-10(2)14(16)15(17)13(12)11-7-5-6-8-11/h5-6,11-13H,3-4,7-9H2,1-2H3/t12-,13+/m0/s1. The first-order chi connectivity index (χ1) is 8.16. The van der Waals surface area contributed by atoms with E-state index in [-0.39, 0.29) is 11.7 Å². The van der Waals surface area contributed by atoms with E-state index in [1.54, 1.807) is 0 Å². The van der Waals surface area contributed by atoms with Crippen molar-refractivity contribution < 1.29 is 4.79 Å². The molecule has 94 valence electrons. The molecule has 2 rings (SSSR count). The third-order valence-electron chi connectivity index (χ3n) is 4.28. The van der Waals surface area contributed by atoms with Crippen LogP contribution in [0.25, 0.3) is 0 Å².